The highest BCUT2D eigenvalue weighted by atomic mass is 19.3. The zero-order valence-corrected chi connectivity index (χ0v) is 8.55. The minimum absolute atomic E-state index is 0.0626. The molecule has 0 bridgehead atoms. The molecule has 0 aliphatic carbocycles. The number of hydrogen-bond acceptors (Lipinski definition) is 2. The Kier molecular flexibility index (Phi) is 3.25. The second-order valence-electron chi connectivity index (χ2n) is 3.25. The minimum Gasteiger partial charge on any atom is -0.496 e. The Labute approximate surface area is 87.1 Å². The molecule has 2 nitrogen and oxygen atoms in total. The van der Waals surface area contributed by atoms with Crippen molar-refractivity contribution in [2.75, 3.05) is 7.11 Å². The van der Waals surface area contributed by atoms with Gasteiger partial charge < -0.3 is 4.74 Å². The van der Waals surface area contributed by atoms with Crippen LogP contribution in [0.2, 0.25) is 0 Å². The average molecular weight is 211 g/mol. The van der Waals surface area contributed by atoms with Crippen molar-refractivity contribution in [2.45, 2.75) is 19.3 Å². The Morgan fingerprint density at radius 1 is 1.47 bits per heavy atom. The Balaban J connectivity index is 3.17. The summed E-state index contributed by atoms with van der Waals surface area (Å²) in [7, 11) is 1.44. The number of nitriles is 1. The molecule has 15 heavy (non-hydrogen) atoms. The van der Waals surface area contributed by atoms with Crippen LogP contribution in [0.15, 0.2) is 18.2 Å². The highest BCUT2D eigenvalue weighted by Crippen LogP contribution is 2.30. The maximum absolute atomic E-state index is 13.0. The molecule has 80 valence electrons. The van der Waals surface area contributed by atoms with Gasteiger partial charge in [-0.05, 0) is 18.2 Å². The van der Waals surface area contributed by atoms with Crippen LogP contribution in [0.1, 0.15) is 18.1 Å². The molecule has 0 radical (unpaired) electrons. The van der Waals surface area contributed by atoms with E-state index in [1.807, 2.05) is 6.07 Å². The molecule has 0 amide bonds. The molecule has 1 rings (SSSR count). The molecule has 0 saturated carbocycles. The third kappa shape index (κ3) is 2.66. The third-order valence-corrected chi connectivity index (χ3v) is 2.06. The summed E-state index contributed by atoms with van der Waals surface area (Å²) >= 11 is 0. The molecular formula is C11H11F2NO. The van der Waals surface area contributed by atoms with Crippen molar-refractivity contribution >= 4 is 0 Å². The van der Waals surface area contributed by atoms with Crippen molar-refractivity contribution in [1.82, 2.24) is 0 Å². The first-order valence-corrected chi connectivity index (χ1v) is 4.41. The zero-order valence-electron chi connectivity index (χ0n) is 8.55. The Hall–Kier alpha value is -1.63. The van der Waals surface area contributed by atoms with Crippen molar-refractivity contribution in [1.29, 1.82) is 5.26 Å². The normalized spacial score (nSPS) is 10.9. The average Bonchev–Trinajstić information content (AvgIpc) is 2.17. The van der Waals surface area contributed by atoms with Gasteiger partial charge in [0.05, 0.1) is 19.6 Å². The number of hydrogen-bond donors (Lipinski definition) is 0. The highest BCUT2D eigenvalue weighted by Gasteiger charge is 2.25. The molecule has 0 atom stereocenters. The number of ether oxygens (including phenoxy) is 1. The number of methoxy groups -OCH3 is 1. The van der Waals surface area contributed by atoms with Crippen molar-refractivity contribution in [3.8, 4) is 11.8 Å². The van der Waals surface area contributed by atoms with E-state index in [2.05, 4.69) is 0 Å². The summed E-state index contributed by atoms with van der Waals surface area (Å²) in [6.07, 6.45) is 0.0626. The molecule has 0 aromatic heterocycles. The van der Waals surface area contributed by atoms with E-state index in [1.54, 1.807) is 0 Å². The molecule has 0 unspecified atom stereocenters. The van der Waals surface area contributed by atoms with Gasteiger partial charge in [0.25, 0.3) is 5.92 Å². The van der Waals surface area contributed by atoms with Gasteiger partial charge >= 0.3 is 0 Å². The maximum atomic E-state index is 13.0. The molecule has 1 aromatic carbocycles. The van der Waals surface area contributed by atoms with Crippen LogP contribution in [0.5, 0.6) is 5.75 Å². The van der Waals surface area contributed by atoms with E-state index in [0.717, 1.165) is 6.92 Å². The summed E-state index contributed by atoms with van der Waals surface area (Å²) in [6.45, 7) is 0.824. The minimum atomic E-state index is -2.89. The number of halogens is 2. The van der Waals surface area contributed by atoms with Gasteiger partial charge in [-0.3, -0.25) is 0 Å². The molecule has 0 fully saturated rings. The predicted octanol–water partition coefficient (Wildman–Crippen LogP) is 2.87. The molecule has 0 spiro atoms. The molecule has 0 N–H and O–H groups in total. The van der Waals surface area contributed by atoms with Crippen LogP contribution in [-0.4, -0.2) is 7.11 Å². The van der Waals surface area contributed by atoms with Gasteiger partial charge in [-0.1, -0.05) is 0 Å². The quantitative estimate of drug-likeness (QED) is 0.770. The summed E-state index contributed by atoms with van der Waals surface area (Å²) in [5.41, 5.74) is 0.382. The second kappa shape index (κ2) is 4.26. The van der Waals surface area contributed by atoms with Crippen LogP contribution in [0, 0.1) is 11.3 Å². The summed E-state index contributed by atoms with van der Waals surface area (Å²) < 4.78 is 30.9. The first-order chi connectivity index (χ1) is 6.99. The lowest BCUT2D eigenvalue weighted by Crippen LogP contribution is -2.07. The third-order valence-electron chi connectivity index (χ3n) is 2.06. The fourth-order valence-corrected chi connectivity index (χ4v) is 1.27. The van der Waals surface area contributed by atoms with E-state index in [-0.39, 0.29) is 12.0 Å². The summed E-state index contributed by atoms with van der Waals surface area (Å²) in [5, 5.41) is 8.54. The topological polar surface area (TPSA) is 33.0 Å². The van der Waals surface area contributed by atoms with E-state index in [9.17, 15) is 8.78 Å². The first kappa shape index (κ1) is 11.4. The smallest absolute Gasteiger partial charge is 0.270 e. The van der Waals surface area contributed by atoms with Gasteiger partial charge in [-0.15, -0.1) is 0 Å². The Morgan fingerprint density at radius 3 is 2.60 bits per heavy atom. The SMILES string of the molecule is COc1ccc(C(C)(F)F)cc1CC#N. The molecular weight excluding hydrogens is 200 g/mol. The van der Waals surface area contributed by atoms with E-state index < -0.39 is 5.92 Å². The maximum Gasteiger partial charge on any atom is 0.270 e. The molecule has 0 aliphatic rings. The van der Waals surface area contributed by atoms with Gasteiger partial charge in [0.15, 0.2) is 0 Å². The lowest BCUT2D eigenvalue weighted by Gasteiger charge is -2.13. The molecule has 4 heteroatoms. The van der Waals surface area contributed by atoms with E-state index in [1.165, 1.54) is 25.3 Å². The fraction of sp³-hybridized carbons (Fsp3) is 0.364. The number of nitrogens with zero attached hydrogens (tertiary/aromatic N) is 1. The first-order valence-electron chi connectivity index (χ1n) is 4.41. The van der Waals surface area contributed by atoms with E-state index in [0.29, 0.717) is 11.3 Å². The predicted molar refractivity (Wildman–Crippen MR) is 51.9 cm³/mol. The van der Waals surface area contributed by atoms with Gasteiger partial charge in [0.2, 0.25) is 0 Å². The van der Waals surface area contributed by atoms with Crippen LogP contribution in [-0.2, 0) is 12.3 Å². The molecule has 0 heterocycles. The van der Waals surface area contributed by atoms with Crippen molar-refractivity contribution in [2.24, 2.45) is 0 Å². The Bertz CT molecular complexity index is 391. The lowest BCUT2D eigenvalue weighted by atomic mass is 10.0. The van der Waals surface area contributed by atoms with E-state index in [4.69, 9.17) is 10.00 Å². The van der Waals surface area contributed by atoms with Gasteiger partial charge in [0, 0.05) is 18.1 Å². The molecule has 0 saturated heterocycles. The molecule has 1 aromatic rings. The van der Waals surface area contributed by atoms with Crippen LogP contribution in [0.25, 0.3) is 0 Å². The second-order valence-corrected chi connectivity index (χ2v) is 3.25. The van der Waals surface area contributed by atoms with Crippen LogP contribution >= 0.6 is 0 Å². The zero-order chi connectivity index (χ0) is 11.5. The monoisotopic (exact) mass is 211 g/mol. The standard InChI is InChI=1S/C11H11F2NO/c1-11(12,13)9-3-4-10(15-2)8(7-9)5-6-14/h3-4,7H,5H2,1-2H3. The van der Waals surface area contributed by atoms with Gasteiger partial charge in [-0.25, -0.2) is 8.78 Å². The van der Waals surface area contributed by atoms with Gasteiger partial charge in [0.1, 0.15) is 5.75 Å². The summed E-state index contributed by atoms with van der Waals surface area (Å²) in [6, 6.07) is 5.98. The largest absolute Gasteiger partial charge is 0.496 e. The lowest BCUT2D eigenvalue weighted by molar-refractivity contribution is 0.0173. The summed E-state index contributed by atoms with van der Waals surface area (Å²) in [5.74, 6) is -2.43. The van der Waals surface area contributed by atoms with Crippen molar-refractivity contribution < 1.29 is 13.5 Å². The summed E-state index contributed by atoms with van der Waals surface area (Å²) in [4.78, 5) is 0. The van der Waals surface area contributed by atoms with Gasteiger partial charge in [-0.2, -0.15) is 5.26 Å². The Morgan fingerprint density at radius 2 is 2.13 bits per heavy atom. The number of benzene rings is 1. The number of rotatable bonds is 3. The van der Waals surface area contributed by atoms with E-state index >= 15 is 0 Å². The van der Waals surface area contributed by atoms with Crippen molar-refractivity contribution in [3.63, 3.8) is 0 Å². The number of alkyl halides is 2. The fourth-order valence-electron chi connectivity index (χ4n) is 1.27. The van der Waals surface area contributed by atoms with Crippen LogP contribution in [0.4, 0.5) is 8.78 Å². The van der Waals surface area contributed by atoms with Crippen molar-refractivity contribution in [3.05, 3.63) is 29.3 Å². The molecule has 0 aliphatic heterocycles. The highest BCUT2D eigenvalue weighted by molar-refractivity contribution is 5.40. The van der Waals surface area contributed by atoms with Crippen LogP contribution < -0.4 is 4.74 Å². The van der Waals surface area contributed by atoms with Crippen LogP contribution in [0.3, 0.4) is 0 Å².